The van der Waals surface area contributed by atoms with Crippen molar-refractivity contribution < 1.29 is 49.8 Å². The van der Waals surface area contributed by atoms with Crippen molar-refractivity contribution >= 4 is 5.97 Å². The largest absolute Gasteiger partial charge is 0.481 e. The Bertz CT molecular complexity index is 1240. The van der Waals surface area contributed by atoms with Gasteiger partial charge in [-0.1, -0.05) is 19.9 Å². The first kappa shape index (κ1) is 27.9. The van der Waals surface area contributed by atoms with Gasteiger partial charge in [-0.2, -0.15) is 26.3 Å². The molecule has 1 unspecified atom stereocenters. The highest BCUT2D eigenvalue weighted by Gasteiger charge is 2.37. The summed E-state index contributed by atoms with van der Waals surface area (Å²) >= 11 is 0. The monoisotopic (exact) mass is 532 g/mol. The lowest BCUT2D eigenvalue weighted by Gasteiger charge is -2.19. The molecule has 0 saturated carbocycles. The maximum absolute atomic E-state index is 13.6. The van der Waals surface area contributed by atoms with Crippen molar-refractivity contribution in [1.82, 2.24) is 0 Å². The fourth-order valence-electron chi connectivity index (χ4n) is 3.74. The Morgan fingerprint density at radius 1 is 0.757 bits per heavy atom. The van der Waals surface area contributed by atoms with E-state index in [-0.39, 0.29) is 41.0 Å². The topological polar surface area (TPSA) is 46.5 Å². The third kappa shape index (κ3) is 7.21. The van der Waals surface area contributed by atoms with Gasteiger partial charge in [0.2, 0.25) is 0 Å². The minimum atomic E-state index is -5.10. The standard InChI is InChI=1S/C26H20F8O3/c1-13(2)3-23(24(35)36)16-4-14(7-21(8-16)37-22-11-19(27)10-20(28)12-22)15-5-17(25(29,30)31)9-18(6-15)26(32,33)34/h4-13,23H,3H2,1-2H3,(H,35,36). The highest BCUT2D eigenvalue weighted by molar-refractivity contribution is 5.78. The Morgan fingerprint density at radius 3 is 1.70 bits per heavy atom. The lowest BCUT2D eigenvalue weighted by atomic mass is 9.88. The predicted molar refractivity (Wildman–Crippen MR) is 118 cm³/mol. The summed E-state index contributed by atoms with van der Waals surface area (Å²) in [6, 6.07) is 6.60. The average Bonchev–Trinajstić information content (AvgIpc) is 2.74. The fourth-order valence-corrected chi connectivity index (χ4v) is 3.74. The van der Waals surface area contributed by atoms with E-state index in [9.17, 15) is 45.0 Å². The number of carboxylic acid groups (broad SMARTS) is 1. The fraction of sp³-hybridized carbons (Fsp3) is 0.269. The molecule has 1 atom stereocenters. The van der Waals surface area contributed by atoms with E-state index < -0.39 is 52.6 Å². The zero-order chi connectivity index (χ0) is 27.7. The molecule has 11 heteroatoms. The highest BCUT2D eigenvalue weighted by atomic mass is 19.4. The second-order valence-corrected chi connectivity index (χ2v) is 8.81. The first-order valence-electron chi connectivity index (χ1n) is 10.8. The summed E-state index contributed by atoms with van der Waals surface area (Å²) in [6.07, 6.45) is -10.1. The highest BCUT2D eigenvalue weighted by Crippen LogP contribution is 2.41. The number of ether oxygens (including phenoxy) is 1. The molecule has 1 N–H and O–H groups in total. The van der Waals surface area contributed by atoms with Crippen LogP contribution in [0.15, 0.2) is 54.6 Å². The third-order valence-corrected chi connectivity index (χ3v) is 5.33. The number of hydrogen-bond donors (Lipinski definition) is 1. The van der Waals surface area contributed by atoms with Gasteiger partial charge in [0.25, 0.3) is 0 Å². The summed E-state index contributed by atoms with van der Waals surface area (Å²) in [5.41, 5.74) is -3.82. The molecule has 0 aliphatic carbocycles. The van der Waals surface area contributed by atoms with E-state index in [1.165, 1.54) is 6.07 Å². The van der Waals surface area contributed by atoms with Crippen molar-refractivity contribution in [2.45, 2.75) is 38.5 Å². The zero-order valence-corrected chi connectivity index (χ0v) is 19.3. The molecule has 198 valence electrons. The minimum absolute atomic E-state index is 0.0246. The van der Waals surface area contributed by atoms with Gasteiger partial charge < -0.3 is 9.84 Å². The summed E-state index contributed by atoms with van der Waals surface area (Å²) < 4.78 is 113. The van der Waals surface area contributed by atoms with Crippen LogP contribution in [-0.2, 0) is 17.1 Å². The SMILES string of the molecule is CC(C)CC(C(=O)O)c1cc(Oc2cc(F)cc(F)c2)cc(-c2cc(C(F)(F)F)cc(C(F)(F)F)c2)c1. The number of carbonyl (C=O) groups is 1. The van der Waals surface area contributed by atoms with E-state index in [2.05, 4.69) is 0 Å². The Morgan fingerprint density at radius 2 is 1.24 bits per heavy atom. The number of alkyl halides is 6. The molecule has 3 aromatic rings. The number of halogens is 8. The number of carboxylic acids is 1. The Kier molecular flexibility index (Phi) is 7.85. The van der Waals surface area contributed by atoms with Gasteiger partial charge in [-0.3, -0.25) is 4.79 Å². The lowest BCUT2D eigenvalue weighted by Crippen LogP contribution is -2.14. The molecule has 0 fully saturated rings. The number of rotatable bonds is 7. The van der Waals surface area contributed by atoms with Crippen LogP contribution < -0.4 is 4.74 Å². The van der Waals surface area contributed by atoms with Crippen LogP contribution in [0.5, 0.6) is 11.5 Å². The minimum Gasteiger partial charge on any atom is -0.481 e. The van der Waals surface area contributed by atoms with Gasteiger partial charge in [0, 0.05) is 18.2 Å². The molecule has 3 nitrogen and oxygen atoms in total. The average molecular weight is 532 g/mol. The lowest BCUT2D eigenvalue weighted by molar-refractivity contribution is -0.143. The molecule has 0 amide bonds. The van der Waals surface area contributed by atoms with E-state index >= 15 is 0 Å². The summed E-state index contributed by atoms with van der Waals surface area (Å²) in [7, 11) is 0. The normalized spacial score (nSPS) is 13.1. The smallest absolute Gasteiger partial charge is 0.416 e. The van der Waals surface area contributed by atoms with Gasteiger partial charge in [-0.05, 0) is 59.4 Å². The van der Waals surface area contributed by atoms with Crippen molar-refractivity contribution in [1.29, 1.82) is 0 Å². The number of benzene rings is 3. The Labute approximate surface area is 206 Å². The van der Waals surface area contributed by atoms with Crippen LogP contribution in [0.3, 0.4) is 0 Å². The molecule has 0 radical (unpaired) electrons. The van der Waals surface area contributed by atoms with Gasteiger partial charge in [-0.15, -0.1) is 0 Å². The summed E-state index contributed by atoms with van der Waals surface area (Å²) in [5, 5.41) is 9.75. The van der Waals surface area contributed by atoms with Crippen LogP contribution in [0.2, 0.25) is 0 Å². The maximum atomic E-state index is 13.6. The summed E-state index contributed by atoms with van der Waals surface area (Å²) in [5.74, 6) is -5.20. The van der Waals surface area contributed by atoms with E-state index in [0.29, 0.717) is 18.2 Å². The molecule has 3 rings (SSSR count). The molecule has 0 aliphatic rings. The van der Waals surface area contributed by atoms with Crippen molar-refractivity contribution in [2.75, 3.05) is 0 Å². The van der Waals surface area contributed by atoms with Crippen LogP contribution in [0.4, 0.5) is 35.1 Å². The molecule has 0 aromatic heterocycles. The van der Waals surface area contributed by atoms with Crippen molar-refractivity contribution in [3.63, 3.8) is 0 Å². The molecule has 0 aliphatic heterocycles. The maximum Gasteiger partial charge on any atom is 0.416 e. The first-order chi connectivity index (χ1) is 17.0. The number of aliphatic carboxylic acids is 1. The molecular weight excluding hydrogens is 512 g/mol. The van der Waals surface area contributed by atoms with Crippen LogP contribution in [0, 0.1) is 17.6 Å². The van der Waals surface area contributed by atoms with E-state index in [1.807, 2.05) is 0 Å². The predicted octanol–water partition coefficient (Wildman–Crippen LogP) is 8.68. The van der Waals surface area contributed by atoms with Gasteiger partial charge in [0.05, 0.1) is 17.0 Å². The third-order valence-electron chi connectivity index (χ3n) is 5.33. The second-order valence-electron chi connectivity index (χ2n) is 8.81. The molecule has 0 bridgehead atoms. The second kappa shape index (κ2) is 10.4. The summed E-state index contributed by atoms with van der Waals surface area (Å²) in [6.45, 7) is 3.46. The molecular formula is C26H20F8O3. The van der Waals surface area contributed by atoms with Gasteiger partial charge in [0.15, 0.2) is 0 Å². The van der Waals surface area contributed by atoms with E-state index in [4.69, 9.17) is 4.74 Å². The quantitative estimate of drug-likeness (QED) is 0.310. The Balaban J connectivity index is 2.25. The molecule has 3 aromatic carbocycles. The van der Waals surface area contributed by atoms with Crippen LogP contribution in [-0.4, -0.2) is 11.1 Å². The van der Waals surface area contributed by atoms with Gasteiger partial charge in [-0.25, -0.2) is 8.78 Å². The van der Waals surface area contributed by atoms with E-state index in [1.54, 1.807) is 13.8 Å². The van der Waals surface area contributed by atoms with Gasteiger partial charge in [0.1, 0.15) is 23.1 Å². The van der Waals surface area contributed by atoms with Crippen molar-refractivity contribution in [3.05, 3.63) is 82.9 Å². The summed E-state index contributed by atoms with van der Waals surface area (Å²) in [4.78, 5) is 12.0. The number of hydrogen-bond acceptors (Lipinski definition) is 2. The van der Waals surface area contributed by atoms with Crippen LogP contribution >= 0.6 is 0 Å². The first-order valence-corrected chi connectivity index (χ1v) is 10.8. The van der Waals surface area contributed by atoms with Crippen LogP contribution in [0.1, 0.15) is 42.9 Å². The molecule has 37 heavy (non-hydrogen) atoms. The molecule has 0 heterocycles. The van der Waals surface area contributed by atoms with Gasteiger partial charge >= 0.3 is 18.3 Å². The molecule has 0 spiro atoms. The van der Waals surface area contributed by atoms with Crippen molar-refractivity contribution in [3.8, 4) is 22.6 Å². The van der Waals surface area contributed by atoms with Crippen LogP contribution in [0.25, 0.3) is 11.1 Å². The molecule has 0 saturated heterocycles. The zero-order valence-electron chi connectivity index (χ0n) is 19.3. The van der Waals surface area contributed by atoms with E-state index in [0.717, 1.165) is 24.3 Å². The Hall–Kier alpha value is -3.63. The van der Waals surface area contributed by atoms with Crippen molar-refractivity contribution in [2.24, 2.45) is 5.92 Å².